The molecule has 0 spiro atoms. The van der Waals surface area contributed by atoms with Gasteiger partial charge in [0.2, 0.25) is 0 Å². The zero-order valence-electron chi connectivity index (χ0n) is 8.85. The smallest absolute Gasteiger partial charge is 0.291 e. The summed E-state index contributed by atoms with van der Waals surface area (Å²) in [4.78, 5) is 26.3. The van der Waals surface area contributed by atoms with Crippen molar-refractivity contribution in [3.63, 3.8) is 0 Å². The highest BCUT2D eigenvalue weighted by Crippen LogP contribution is 2.14. The highest BCUT2D eigenvalue weighted by molar-refractivity contribution is 7.13. The van der Waals surface area contributed by atoms with E-state index in [1.54, 1.807) is 0 Å². The maximum Gasteiger partial charge on any atom is 0.326 e. The Morgan fingerprint density at radius 2 is 2.24 bits per heavy atom. The lowest BCUT2D eigenvalue weighted by Gasteiger charge is -2.02. The fourth-order valence-corrected chi connectivity index (χ4v) is 1.75. The molecule has 7 nitrogen and oxygen atoms in total. The molecule has 17 heavy (non-hydrogen) atoms. The fraction of sp³-hybridized carbons (Fsp3) is 0.111. The first-order valence-electron chi connectivity index (χ1n) is 4.69. The Morgan fingerprint density at radius 1 is 1.41 bits per heavy atom. The summed E-state index contributed by atoms with van der Waals surface area (Å²) in [6.07, 6.45) is 0. The Kier molecular flexibility index (Phi) is 3.15. The summed E-state index contributed by atoms with van der Waals surface area (Å²) >= 11 is 1.33. The van der Waals surface area contributed by atoms with Crippen molar-refractivity contribution in [3.8, 4) is 0 Å². The van der Waals surface area contributed by atoms with Crippen LogP contribution in [-0.4, -0.2) is 21.2 Å². The fourth-order valence-electron chi connectivity index (χ4n) is 1.07. The molecule has 2 amide bonds. The van der Waals surface area contributed by atoms with Gasteiger partial charge in [-0.05, 0) is 13.0 Å². The normalized spacial score (nSPS) is 9.94. The van der Waals surface area contributed by atoms with Crippen LogP contribution in [0.25, 0.3) is 0 Å². The number of nitrogens with zero attached hydrogens (tertiary/aromatic N) is 2. The summed E-state index contributed by atoms with van der Waals surface area (Å²) in [5.74, 6) is 0.260. The number of carbonyl (C=O) groups excluding carboxylic acids is 1. The minimum absolute atomic E-state index is 0.260. The van der Waals surface area contributed by atoms with Gasteiger partial charge in [-0.2, -0.15) is 5.10 Å². The van der Waals surface area contributed by atoms with Gasteiger partial charge >= 0.3 is 6.03 Å². The van der Waals surface area contributed by atoms with E-state index in [1.807, 2.05) is 12.3 Å². The minimum Gasteiger partial charge on any atom is -0.291 e. The number of nitrogens with one attached hydrogen (secondary N) is 3. The second kappa shape index (κ2) is 4.74. The van der Waals surface area contributed by atoms with E-state index in [-0.39, 0.29) is 11.4 Å². The van der Waals surface area contributed by atoms with Crippen molar-refractivity contribution in [2.45, 2.75) is 6.92 Å². The molecule has 0 saturated heterocycles. The van der Waals surface area contributed by atoms with Gasteiger partial charge in [0.15, 0.2) is 10.9 Å². The lowest BCUT2D eigenvalue weighted by molar-refractivity contribution is 0.262. The number of hydrogen-bond acceptors (Lipinski definition) is 5. The van der Waals surface area contributed by atoms with Gasteiger partial charge in [-0.25, -0.2) is 14.9 Å². The average molecular weight is 251 g/mol. The third-order valence-electron chi connectivity index (χ3n) is 1.76. The maximum absolute atomic E-state index is 11.5. The average Bonchev–Trinajstić information content (AvgIpc) is 2.67. The van der Waals surface area contributed by atoms with Gasteiger partial charge in [0.25, 0.3) is 5.56 Å². The molecule has 0 fully saturated rings. The number of H-pyrrole nitrogens is 1. The van der Waals surface area contributed by atoms with E-state index < -0.39 is 6.03 Å². The van der Waals surface area contributed by atoms with Crippen molar-refractivity contribution in [2.24, 2.45) is 0 Å². The molecule has 0 radical (unpaired) electrons. The Balaban J connectivity index is 1.97. The van der Waals surface area contributed by atoms with Crippen LogP contribution in [0.15, 0.2) is 22.3 Å². The van der Waals surface area contributed by atoms with Crippen LogP contribution < -0.4 is 16.2 Å². The van der Waals surface area contributed by atoms with Crippen LogP contribution in [0.4, 0.5) is 15.7 Å². The first-order valence-corrected chi connectivity index (χ1v) is 5.57. The van der Waals surface area contributed by atoms with E-state index in [4.69, 9.17) is 0 Å². The Hall–Kier alpha value is -2.22. The van der Waals surface area contributed by atoms with E-state index in [2.05, 4.69) is 25.8 Å². The van der Waals surface area contributed by atoms with Crippen LogP contribution in [0.2, 0.25) is 0 Å². The number of aromatic nitrogens is 3. The second-order valence-electron chi connectivity index (χ2n) is 3.18. The molecule has 0 unspecified atom stereocenters. The van der Waals surface area contributed by atoms with Crippen LogP contribution in [0.1, 0.15) is 5.69 Å². The molecule has 0 aliphatic carbocycles. The molecule has 8 heteroatoms. The van der Waals surface area contributed by atoms with Crippen molar-refractivity contribution in [3.05, 3.63) is 33.6 Å². The van der Waals surface area contributed by atoms with E-state index in [9.17, 15) is 9.59 Å². The number of anilines is 2. The van der Waals surface area contributed by atoms with Crippen LogP contribution >= 0.6 is 11.3 Å². The number of urea groups is 1. The number of aryl methyl sites for hydroxylation is 1. The molecule has 2 heterocycles. The molecule has 2 aromatic heterocycles. The predicted octanol–water partition coefficient (Wildman–Crippen LogP) is 1.18. The van der Waals surface area contributed by atoms with Gasteiger partial charge in [0.05, 0.1) is 5.69 Å². The summed E-state index contributed by atoms with van der Waals surface area (Å²) in [6.45, 7) is 1.84. The third-order valence-corrected chi connectivity index (χ3v) is 2.64. The van der Waals surface area contributed by atoms with E-state index in [1.165, 1.54) is 23.5 Å². The van der Waals surface area contributed by atoms with Gasteiger partial charge in [-0.3, -0.25) is 15.4 Å². The van der Waals surface area contributed by atoms with Crippen molar-refractivity contribution in [2.75, 3.05) is 10.6 Å². The van der Waals surface area contributed by atoms with Crippen molar-refractivity contribution < 1.29 is 4.79 Å². The summed E-state index contributed by atoms with van der Waals surface area (Å²) < 4.78 is 0. The van der Waals surface area contributed by atoms with Crippen molar-refractivity contribution in [1.82, 2.24) is 15.2 Å². The summed E-state index contributed by atoms with van der Waals surface area (Å²) in [5.41, 5.74) is 0.513. The number of thiazole rings is 1. The highest BCUT2D eigenvalue weighted by Gasteiger charge is 2.05. The second-order valence-corrected chi connectivity index (χ2v) is 4.04. The standard InChI is InChI=1S/C9H9N5O2S/c1-5-4-17-9(10-5)12-8(16)11-6-2-3-7(15)14-13-6/h2-4H,1H3,(H,14,15)(H2,10,11,12,13,16). The largest absolute Gasteiger partial charge is 0.326 e. The van der Waals surface area contributed by atoms with Gasteiger partial charge in [0, 0.05) is 11.4 Å². The molecule has 3 N–H and O–H groups in total. The lowest BCUT2D eigenvalue weighted by atomic mass is 10.5. The lowest BCUT2D eigenvalue weighted by Crippen LogP contribution is -2.21. The number of carbonyl (C=O) groups is 1. The van der Waals surface area contributed by atoms with Crippen LogP contribution in [-0.2, 0) is 0 Å². The Labute approximate surface area is 99.9 Å². The number of amides is 2. The van der Waals surface area contributed by atoms with E-state index in [0.717, 1.165) is 5.69 Å². The zero-order valence-corrected chi connectivity index (χ0v) is 9.67. The number of aromatic amines is 1. The van der Waals surface area contributed by atoms with E-state index in [0.29, 0.717) is 5.13 Å². The molecule has 0 aromatic carbocycles. The molecule has 0 aliphatic heterocycles. The third kappa shape index (κ3) is 3.11. The molecule has 2 aromatic rings. The maximum atomic E-state index is 11.5. The zero-order chi connectivity index (χ0) is 12.3. The topological polar surface area (TPSA) is 99.8 Å². The monoisotopic (exact) mass is 251 g/mol. The minimum atomic E-state index is -0.459. The van der Waals surface area contributed by atoms with Gasteiger partial charge < -0.3 is 0 Å². The van der Waals surface area contributed by atoms with E-state index >= 15 is 0 Å². The predicted molar refractivity (Wildman–Crippen MR) is 64.4 cm³/mol. The first kappa shape index (κ1) is 11.3. The summed E-state index contributed by atoms with van der Waals surface area (Å²) in [7, 11) is 0. The first-order chi connectivity index (χ1) is 8.13. The van der Waals surface area contributed by atoms with Crippen LogP contribution in [0.5, 0.6) is 0 Å². The number of hydrogen-bond donors (Lipinski definition) is 3. The number of rotatable bonds is 2. The Bertz CT molecular complexity index is 571. The molecule has 0 saturated carbocycles. The van der Waals surface area contributed by atoms with Crippen LogP contribution in [0, 0.1) is 6.92 Å². The molecule has 0 bridgehead atoms. The van der Waals surface area contributed by atoms with Gasteiger partial charge in [-0.1, -0.05) is 0 Å². The molecule has 0 atom stereocenters. The quantitative estimate of drug-likeness (QED) is 0.746. The summed E-state index contributed by atoms with van der Waals surface area (Å²) in [5, 5.41) is 13.2. The van der Waals surface area contributed by atoms with Gasteiger partial charge in [0.1, 0.15) is 0 Å². The summed E-state index contributed by atoms with van der Waals surface area (Å²) in [6, 6.07) is 2.22. The molecule has 0 aliphatic rings. The SMILES string of the molecule is Cc1csc(NC(=O)Nc2ccc(=O)[nH]n2)n1. The molecule has 2 rings (SSSR count). The van der Waals surface area contributed by atoms with Crippen molar-refractivity contribution >= 4 is 28.3 Å². The Morgan fingerprint density at radius 3 is 2.82 bits per heavy atom. The molecule has 88 valence electrons. The highest BCUT2D eigenvalue weighted by atomic mass is 32.1. The van der Waals surface area contributed by atoms with Crippen molar-refractivity contribution in [1.29, 1.82) is 0 Å². The van der Waals surface area contributed by atoms with Gasteiger partial charge in [-0.15, -0.1) is 11.3 Å². The molecular weight excluding hydrogens is 242 g/mol. The van der Waals surface area contributed by atoms with Crippen LogP contribution in [0.3, 0.4) is 0 Å². The molecular formula is C9H9N5O2S.